The van der Waals surface area contributed by atoms with Crippen LogP contribution in [0.1, 0.15) is 31.4 Å². The molecule has 0 bridgehead atoms. The van der Waals surface area contributed by atoms with Crippen LogP contribution in [0.4, 0.5) is 13.2 Å². The molecule has 0 radical (unpaired) electrons. The molecule has 1 rings (SSSR count). The van der Waals surface area contributed by atoms with Gasteiger partial charge in [0, 0.05) is 0 Å². The van der Waals surface area contributed by atoms with Crippen molar-refractivity contribution in [1.82, 2.24) is 5.32 Å². The van der Waals surface area contributed by atoms with E-state index in [2.05, 4.69) is 5.32 Å². The molecule has 2 amide bonds. The molecule has 2 atom stereocenters. The number of hydrogen-bond acceptors (Lipinski definition) is 2. The summed E-state index contributed by atoms with van der Waals surface area (Å²) in [6.07, 6.45) is -4.07. The second-order valence-corrected chi connectivity index (χ2v) is 5.21. The fourth-order valence-electron chi connectivity index (χ4n) is 2.00. The number of nitrogens with one attached hydrogen (secondary N) is 1. The predicted octanol–water partition coefficient (Wildman–Crippen LogP) is 2.26. The van der Waals surface area contributed by atoms with Gasteiger partial charge in [0.1, 0.15) is 6.04 Å². The Morgan fingerprint density at radius 3 is 2.45 bits per heavy atom. The lowest BCUT2D eigenvalue weighted by atomic mass is 9.98. The highest BCUT2D eigenvalue weighted by atomic mass is 19.4. The molecule has 0 heterocycles. The number of halogens is 3. The molecule has 3 N–H and O–H groups in total. The van der Waals surface area contributed by atoms with Crippen LogP contribution in [0, 0.1) is 5.92 Å². The molecule has 0 unspecified atom stereocenters. The van der Waals surface area contributed by atoms with E-state index in [9.17, 15) is 22.8 Å². The zero-order valence-electron chi connectivity index (χ0n) is 12.4. The Morgan fingerprint density at radius 2 is 1.95 bits per heavy atom. The van der Waals surface area contributed by atoms with Gasteiger partial charge in [0.15, 0.2) is 0 Å². The first-order valence-corrected chi connectivity index (χ1v) is 6.90. The first-order valence-electron chi connectivity index (χ1n) is 6.90. The van der Waals surface area contributed by atoms with Crippen molar-refractivity contribution in [3.05, 3.63) is 35.4 Å². The van der Waals surface area contributed by atoms with Gasteiger partial charge >= 0.3 is 6.18 Å². The fraction of sp³-hybridized carbons (Fsp3) is 0.467. The largest absolute Gasteiger partial charge is 0.416 e. The van der Waals surface area contributed by atoms with E-state index < -0.39 is 29.6 Å². The van der Waals surface area contributed by atoms with E-state index >= 15 is 0 Å². The highest BCUT2D eigenvalue weighted by molar-refractivity contribution is 5.87. The smallest absolute Gasteiger partial charge is 0.368 e. The molecular formula is C15H19F3N2O2. The highest BCUT2D eigenvalue weighted by Crippen LogP contribution is 2.29. The summed E-state index contributed by atoms with van der Waals surface area (Å²) in [5.41, 5.74) is 4.64. The van der Waals surface area contributed by atoms with Crippen LogP contribution in [0.3, 0.4) is 0 Å². The lowest BCUT2D eigenvalue weighted by Gasteiger charge is -2.21. The van der Waals surface area contributed by atoms with Crippen molar-refractivity contribution < 1.29 is 22.8 Å². The lowest BCUT2D eigenvalue weighted by Crippen LogP contribution is -2.48. The molecule has 7 heteroatoms. The monoisotopic (exact) mass is 316 g/mol. The summed E-state index contributed by atoms with van der Waals surface area (Å²) in [6, 6.07) is 3.70. The molecule has 0 aliphatic rings. The third-order valence-electron chi connectivity index (χ3n) is 3.45. The molecule has 1 aromatic rings. The normalized spacial score (nSPS) is 14.2. The van der Waals surface area contributed by atoms with Crippen LogP contribution in [0.5, 0.6) is 0 Å². The van der Waals surface area contributed by atoms with Crippen molar-refractivity contribution in [1.29, 1.82) is 0 Å². The molecule has 0 aliphatic heterocycles. The Balaban J connectivity index is 2.78. The minimum atomic E-state index is -4.46. The van der Waals surface area contributed by atoms with Crippen molar-refractivity contribution in [2.75, 3.05) is 0 Å². The van der Waals surface area contributed by atoms with Crippen molar-refractivity contribution in [3.63, 3.8) is 0 Å². The van der Waals surface area contributed by atoms with Crippen LogP contribution in [0.25, 0.3) is 0 Å². The second-order valence-electron chi connectivity index (χ2n) is 5.21. The maximum absolute atomic E-state index is 12.6. The summed E-state index contributed by atoms with van der Waals surface area (Å²) < 4.78 is 37.8. The van der Waals surface area contributed by atoms with Crippen LogP contribution in [0.15, 0.2) is 24.3 Å². The first kappa shape index (κ1) is 18.0. The van der Waals surface area contributed by atoms with Gasteiger partial charge in [-0.05, 0) is 17.5 Å². The highest BCUT2D eigenvalue weighted by Gasteiger charge is 2.30. The minimum absolute atomic E-state index is 0.150. The van der Waals surface area contributed by atoms with Crippen molar-refractivity contribution in [2.24, 2.45) is 11.7 Å². The molecule has 1 aromatic carbocycles. The number of carbonyl (C=O) groups is 2. The van der Waals surface area contributed by atoms with Gasteiger partial charge < -0.3 is 11.1 Å². The van der Waals surface area contributed by atoms with E-state index in [1.165, 1.54) is 12.1 Å². The Bertz CT molecular complexity index is 544. The molecule has 22 heavy (non-hydrogen) atoms. The fourth-order valence-corrected chi connectivity index (χ4v) is 2.00. The van der Waals surface area contributed by atoms with Crippen molar-refractivity contribution in [3.8, 4) is 0 Å². The number of amides is 2. The number of benzene rings is 1. The Morgan fingerprint density at radius 1 is 1.32 bits per heavy atom. The maximum atomic E-state index is 12.6. The Hall–Kier alpha value is -2.05. The van der Waals surface area contributed by atoms with Gasteiger partial charge in [0.25, 0.3) is 0 Å². The van der Waals surface area contributed by atoms with Crippen LogP contribution in [0.2, 0.25) is 0 Å². The van der Waals surface area contributed by atoms with Crippen LogP contribution in [-0.4, -0.2) is 17.9 Å². The molecule has 0 saturated carbocycles. The summed E-state index contributed by atoms with van der Waals surface area (Å²) in [6.45, 7) is 3.61. The van der Waals surface area contributed by atoms with E-state index in [-0.39, 0.29) is 17.9 Å². The molecule has 0 fully saturated rings. The molecule has 0 aliphatic carbocycles. The summed E-state index contributed by atoms with van der Waals surface area (Å²) >= 11 is 0. The van der Waals surface area contributed by atoms with Crippen LogP contribution in [-0.2, 0) is 22.2 Å². The zero-order valence-corrected chi connectivity index (χ0v) is 12.4. The molecule has 0 spiro atoms. The van der Waals surface area contributed by atoms with E-state index in [1.54, 1.807) is 6.92 Å². The zero-order chi connectivity index (χ0) is 16.9. The maximum Gasteiger partial charge on any atom is 0.416 e. The van der Waals surface area contributed by atoms with Gasteiger partial charge in [0.05, 0.1) is 12.0 Å². The topological polar surface area (TPSA) is 72.2 Å². The van der Waals surface area contributed by atoms with Crippen molar-refractivity contribution in [2.45, 2.75) is 38.9 Å². The standard InChI is InChI=1S/C15H19F3N2O2/c1-3-9(2)13(14(19)22)20-12(21)8-10-5-4-6-11(7-10)15(16,17)18/h4-7,9,13H,3,8H2,1-2H3,(H2,19,22)(H,20,21)/t9-,13+/m1/s1. The molecule has 0 aromatic heterocycles. The number of hydrogen-bond donors (Lipinski definition) is 2. The van der Waals surface area contributed by atoms with Crippen molar-refractivity contribution >= 4 is 11.8 Å². The quantitative estimate of drug-likeness (QED) is 0.845. The van der Waals surface area contributed by atoms with Gasteiger partial charge in [-0.25, -0.2) is 0 Å². The Kier molecular flexibility index (Phi) is 5.96. The van der Waals surface area contributed by atoms with Crippen LogP contribution < -0.4 is 11.1 Å². The number of rotatable bonds is 6. The molecule has 122 valence electrons. The molecule has 0 saturated heterocycles. The minimum Gasteiger partial charge on any atom is -0.368 e. The van der Waals surface area contributed by atoms with E-state index in [0.29, 0.717) is 6.42 Å². The Labute approximate surface area is 126 Å². The number of primary amides is 1. The number of nitrogens with two attached hydrogens (primary N) is 1. The lowest BCUT2D eigenvalue weighted by molar-refractivity contribution is -0.137. The van der Waals surface area contributed by atoms with E-state index in [4.69, 9.17) is 5.73 Å². The average molecular weight is 316 g/mol. The third-order valence-corrected chi connectivity index (χ3v) is 3.45. The predicted molar refractivity (Wildman–Crippen MR) is 75.7 cm³/mol. The number of alkyl halides is 3. The average Bonchev–Trinajstić information content (AvgIpc) is 2.43. The summed E-state index contributed by atoms with van der Waals surface area (Å²) in [5, 5.41) is 2.48. The second kappa shape index (κ2) is 7.29. The van der Waals surface area contributed by atoms with Gasteiger partial charge in [-0.3, -0.25) is 9.59 Å². The number of carbonyl (C=O) groups excluding carboxylic acids is 2. The van der Waals surface area contributed by atoms with Crippen LogP contribution >= 0.6 is 0 Å². The summed E-state index contributed by atoms with van der Waals surface area (Å²) in [4.78, 5) is 23.2. The SMILES string of the molecule is CC[C@@H](C)[C@H](NC(=O)Cc1cccc(C(F)(F)F)c1)C(N)=O. The van der Waals surface area contributed by atoms with Gasteiger partial charge in [0.2, 0.25) is 11.8 Å². The van der Waals surface area contributed by atoms with Gasteiger partial charge in [-0.1, -0.05) is 38.5 Å². The third kappa shape index (κ3) is 5.05. The first-order chi connectivity index (χ1) is 10.1. The molecular weight excluding hydrogens is 297 g/mol. The van der Waals surface area contributed by atoms with E-state index in [1.807, 2.05) is 6.92 Å². The summed E-state index contributed by atoms with van der Waals surface area (Å²) in [5.74, 6) is -1.35. The van der Waals surface area contributed by atoms with Gasteiger partial charge in [-0.15, -0.1) is 0 Å². The molecule has 4 nitrogen and oxygen atoms in total. The summed E-state index contributed by atoms with van der Waals surface area (Å²) in [7, 11) is 0. The van der Waals surface area contributed by atoms with Gasteiger partial charge in [-0.2, -0.15) is 13.2 Å². The van der Waals surface area contributed by atoms with E-state index in [0.717, 1.165) is 12.1 Å².